The number of aliphatic hydroxyl groups is 2. The van der Waals surface area contributed by atoms with Crippen molar-refractivity contribution in [2.24, 2.45) is 0 Å². The van der Waals surface area contributed by atoms with E-state index in [-0.39, 0.29) is 13.2 Å². The standard InChI is InChI=1S/C7H14O.C2H6O2/c1-3-5-7-8-6-4-2;3-1-2-4/h4H,2-3,5-7H2,1H3;3-4H,1-2H2. The van der Waals surface area contributed by atoms with Crippen molar-refractivity contribution in [3.05, 3.63) is 12.7 Å². The zero-order valence-electron chi connectivity index (χ0n) is 7.83. The first-order valence-electron chi connectivity index (χ1n) is 4.23. The zero-order valence-corrected chi connectivity index (χ0v) is 7.83. The van der Waals surface area contributed by atoms with Gasteiger partial charge in [0, 0.05) is 6.61 Å². The molecule has 12 heavy (non-hydrogen) atoms. The molecule has 0 fully saturated rings. The second-order valence-corrected chi connectivity index (χ2v) is 2.16. The van der Waals surface area contributed by atoms with Crippen LogP contribution in [-0.2, 0) is 4.74 Å². The lowest BCUT2D eigenvalue weighted by Gasteiger charge is -1.95. The summed E-state index contributed by atoms with van der Waals surface area (Å²) in [5.74, 6) is 0. The predicted octanol–water partition coefficient (Wildman–Crippen LogP) is 0.960. The summed E-state index contributed by atoms with van der Waals surface area (Å²) in [7, 11) is 0. The number of aliphatic hydroxyl groups excluding tert-OH is 2. The van der Waals surface area contributed by atoms with Crippen molar-refractivity contribution < 1.29 is 14.9 Å². The fourth-order valence-corrected chi connectivity index (χ4v) is 0.413. The largest absolute Gasteiger partial charge is 0.394 e. The Morgan fingerprint density at radius 3 is 2.25 bits per heavy atom. The molecule has 0 atom stereocenters. The molecule has 0 saturated carbocycles. The smallest absolute Gasteiger partial charge is 0.0662 e. The molecule has 0 rings (SSSR count). The third kappa shape index (κ3) is 22.6. The number of rotatable bonds is 6. The van der Waals surface area contributed by atoms with Gasteiger partial charge in [-0.1, -0.05) is 19.4 Å². The van der Waals surface area contributed by atoms with Gasteiger partial charge in [0.05, 0.1) is 19.8 Å². The van der Waals surface area contributed by atoms with Crippen LogP contribution in [0.15, 0.2) is 12.7 Å². The van der Waals surface area contributed by atoms with Crippen LogP contribution < -0.4 is 0 Å². The summed E-state index contributed by atoms with van der Waals surface area (Å²) in [6, 6.07) is 0. The van der Waals surface area contributed by atoms with E-state index in [1.165, 1.54) is 6.42 Å². The predicted molar refractivity (Wildman–Crippen MR) is 50.1 cm³/mol. The van der Waals surface area contributed by atoms with Crippen LogP contribution in [0.4, 0.5) is 0 Å². The van der Waals surface area contributed by atoms with Gasteiger partial charge in [0.1, 0.15) is 0 Å². The maximum absolute atomic E-state index is 7.62. The average Bonchev–Trinajstić information content (AvgIpc) is 2.13. The van der Waals surface area contributed by atoms with Gasteiger partial charge < -0.3 is 14.9 Å². The summed E-state index contributed by atoms with van der Waals surface area (Å²) in [5, 5.41) is 15.2. The summed E-state index contributed by atoms with van der Waals surface area (Å²) in [4.78, 5) is 0. The first-order valence-corrected chi connectivity index (χ1v) is 4.23. The highest BCUT2D eigenvalue weighted by Gasteiger charge is 1.79. The van der Waals surface area contributed by atoms with Gasteiger partial charge in [-0.2, -0.15) is 0 Å². The molecule has 0 aromatic heterocycles. The molecule has 0 heterocycles. The number of ether oxygens (including phenoxy) is 1. The topological polar surface area (TPSA) is 49.7 Å². The third-order valence-corrected chi connectivity index (χ3v) is 0.978. The molecule has 0 aliphatic rings. The molecule has 0 spiro atoms. The Hall–Kier alpha value is -0.380. The highest BCUT2D eigenvalue weighted by Crippen LogP contribution is 1.86. The molecule has 74 valence electrons. The maximum Gasteiger partial charge on any atom is 0.0662 e. The van der Waals surface area contributed by atoms with Crippen LogP contribution in [0.5, 0.6) is 0 Å². The van der Waals surface area contributed by atoms with Crippen LogP contribution in [0.3, 0.4) is 0 Å². The third-order valence-electron chi connectivity index (χ3n) is 0.978. The average molecular weight is 176 g/mol. The lowest BCUT2D eigenvalue weighted by Crippen LogP contribution is -1.91. The molecule has 0 bridgehead atoms. The van der Waals surface area contributed by atoms with Gasteiger partial charge in [-0.05, 0) is 6.42 Å². The summed E-state index contributed by atoms with van der Waals surface area (Å²) < 4.78 is 5.11. The van der Waals surface area contributed by atoms with E-state index in [9.17, 15) is 0 Å². The SMILES string of the molecule is C=CCOCCCC.OCCO. The van der Waals surface area contributed by atoms with Gasteiger partial charge in [0.2, 0.25) is 0 Å². The highest BCUT2D eigenvalue weighted by atomic mass is 16.5. The summed E-state index contributed by atoms with van der Waals surface area (Å²) in [6.07, 6.45) is 4.14. The Kier molecular flexibility index (Phi) is 20.0. The van der Waals surface area contributed by atoms with Crippen LogP contribution >= 0.6 is 0 Å². The Morgan fingerprint density at radius 2 is 1.92 bits per heavy atom. The molecule has 0 aliphatic carbocycles. The minimum atomic E-state index is -0.125. The highest BCUT2D eigenvalue weighted by molar-refractivity contribution is 4.63. The van der Waals surface area contributed by atoms with E-state index in [2.05, 4.69) is 13.5 Å². The van der Waals surface area contributed by atoms with Gasteiger partial charge in [0.15, 0.2) is 0 Å². The molecule has 0 amide bonds. The second kappa shape index (κ2) is 16.9. The van der Waals surface area contributed by atoms with Crippen molar-refractivity contribution in [1.82, 2.24) is 0 Å². The molecule has 3 nitrogen and oxygen atoms in total. The molecular weight excluding hydrogens is 156 g/mol. The van der Waals surface area contributed by atoms with Crippen molar-refractivity contribution in [3.63, 3.8) is 0 Å². The van der Waals surface area contributed by atoms with Crippen LogP contribution in [0.2, 0.25) is 0 Å². The Balaban J connectivity index is 0. The first-order chi connectivity index (χ1) is 5.83. The van der Waals surface area contributed by atoms with E-state index in [4.69, 9.17) is 14.9 Å². The van der Waals surface area contributed by atoms with E-state index in [1.807, 2.05) is 0 Å². The molecule has 0 aliphatic heterocycles. The Bertz CT molecular complexity index is 72.2. The molecule has 0 radical (unpaired) electrons. The quantitative estimate of drug-likeness (QED) is 0.468. The molecule has 0 saturated heterocycles. The molecule has 0 unspecified atom stereocenters. The number of unbranched alkanes of at least 4 members (excludes halogenated alkanes) is 1. The molecule has 3 heteroatoms. The van der Waals surface area contributed by atoms with Crippen LogP contribution in [0.1, 0.15) is 19.8 Å². The van der Waals surface area contributed by atoms with Crippen molar-refractivity contribution in [2.75, 3.05) is 26.4 Å². The van der Waals surface area contributed by atoms with Crippen molar-refractivity contribution >= 4 is 0 Å². The summed E-state index contributed by atoms with van der Waals surface area (Å²) >= 11 is 0. The van der Waals surface area contributed by atoms with Crippen LogP contribution in [0, 0.1) is 0 Å². The molecule has 2 N–H and O–H groups in total. The summed E-state index contributed by atoms with van der Waals surface area (Å²) in [6.45, 7) is 7.01. The van der Waals surface area contributed by atoms with Crippen molar-refractivity contribution in [2.45, 2.75) is 19.8 Å². The van der Waals surface area contributed by atoms with Gasteiger partial charge in [-0.25, -0.2) is 0 Å². The summed E-state index contributed by atoms with van der Waals surface area (Å²) in [5.41, 5.74) is 0. The zero-order chi connectivity index (χ0) is 9.66. The second-order valence-electron chi connectivity index (χ2n) is 2.16. The van der Waals surface area contributed by atoms with E-state index in [0.29, 0.717) is 6.61 Å². The van der Waals surface area contributed by atoms with E-state index in [1.54, 1.807) is 6.08 Å². The Labute approximate surface area is 74.7 Å². The lowest BCUT2D eigenvalue weighted by atomic mass is 10.4. The van der Waals surface area contributed by atoms with E-state index >= 15 is 0 Å². The van der Waals surface area contributed by atoms with Crippen molar-refractivity contribution in [1.29, 1.82) is 0 Å². The molecule has 0 aromatic rings. The minimum Gasteiger partial charge on any atom is -0.394 e. The Morgan fingerprint density at radius 1 is 1.33 bits per heavy atom. The maximum atomic E-state index is 7.62. The lowest BCUT2D eigenvalue weighted by molar-refractivity contribution is 0.159. The number of hydrogen-bond acceptors (Lipinski definition) is 3. The fraction of sp³-hybridized carbons (Fsp3) is 0.778. The van der Waals surface area contributed by atoms with Gasteiger partial charge >= 0.3 is 0 Å². The van der Waals surface area contributed by atoms with E-state index < -0.39 is 0 Å². The number of hydrogen-bond donors (Lipinski definition) is 2. The van der Waals surface area contributed by atoms with Gasteiger partial charge in [-0.15, -0.1) is 6.58 Å². The van der Waals surface area contributed by atoms with Crippen molar-refractivity contribution in [3.8, 4) is 0 Å². The fourth-order valence-electron chi connectivity index (χ4n) is 0.413. The van der Waals surface area contributed by atoms with Crippen LogP contribution in [-0.4, -0.2) is 36.6 Å². The van der Waals surface area contributed by atoms with E-state index in [0.717, 1.165) is 13.0 Å². The first kappa shape index (κ1) is 14.2. The monoisotopic (exact) mass is 176 g/mol. The molecule has 0 aromatic carbocycles. The van der Waals surface area contributed by atoms with Gasteiger partial charge in [0.25, 0.3) is 0 Å². The normalized spacial score (nSPS) is 8.58. The van der Waals surface area contributed by atoms with Crippen LogP contribution in [0.25, 0.3) is 0 Å². The van der Waals surface area contributed by atoms with Gasteiger partial charge in [-0.3, -0.25) is 0 Å². The molecular formula is C9H20O3. The minimum absolute atomic E-state index is 0.125.